The molecule has 0 bridgehead atoms. The summed E-state index contributed by atoms with van der Waals surface area (Å²) < 4.78 is 125. The van der Waals surface area contributed by atoms with Crippen molar-refractivity contribution in [1.29, 1.82) is 0 Å². The molecule has 0 aliphatic carbocycles. The number of Topliss-reactive ketones (excluding diaryl/α,β-unsaturated/α-hetero) is 1. The SMILES string of the molecule is CCOC(=O)CCC(=O)c1c(OCc2ccccc2)cc(-c2ccc(F)c(C(F)(F)F)c2)n2ncnc12.CCOC(=O)CCC(O)=c1c(=O)cc(-c2ccc(F)c(C(F)(F)F)c2)n2ncnc12. The highest BCUT2D eigenvalue weighted by atomic mass is 19.4. The molecule has 0 fully saturated rings. The van der Waals surface area contributed by atoms with E-state index in [-0.39, 0.29) is 95.8 Å². The first-order valence-corrected chi connectivity index (χ1v) is 20.0. The average Bonchev–Trinajstić information content (AvgIpc) is 3.98. The summed E-state index contributed by atoms with van der Waals surface area (Å²) in [6.07, 6.45) is -8.45. The molecule has 0 spiro atoms. The van der Waals surface area contributed by atoms with E-state index in [0.29, 0.717) is 24.3 Å². The van der Waals surface area contributed by atoms with Crippen LogP contribution in [0.5, 0.6) is 5.75 Å². The van der Waals surface area contributed by atoms with Crippen LogP contribution in [0.15, 0.2) is 96.3 Å². The van der Waals surface area contributed by atoms with Crippen LogP contribution in [0.25, 0.3) is 39.6 Å². The smallest absolute Gasteiger partial charge is 0.419 e. The minimum Gasteiger partial charge on any atom is -0.511 e. The van der Waals surface area contributed by atoms with Gasteiger partial charge in [-0.1, -0.05) is 30.3 Å². The molecule has 0 aliphatic heterocycles. The van der Waals surface area contributed by atoms with Crippen LogP contribution in [0.4, 0.5) is 35.1 Å². The van der Waals surface area contributed by atoms with Gasteiger partial charge in [-0.15, -0.1) is 0 Å². The molecule has 0 saturated carbocycles. The van der Waals surface area contributed by atoms with E-state index in [1.807, 2.05) is 6.07 Å². The number of alkyl halides is 6. The summed E-state index contributed by atoms with van der Waals surface area (Å²) in [6, 6.07) is 16.2. The second kappa shape index (κ2) is 20.6. The number of aromatic nitrogens is 6. The van der Waals surface area contributed by atoms with Gasteiger partial charge in [0.1, 0.15) is 53.2 Å². The molecule has 7 aromatic rings. The molecule has 14 nitrogen and oxygen atoms in total. The number of benzene rings is 3. The third-order valence-corrected chi connectivity index (χ3v) is 9.70. The molecule has 350 valence electrons. The molecule has 4 heterocycles. The number of ether oxygens (including phenoxy) is 3. The number of halogens is 8. The summed E-state index contributed by atoms with van der Waals surface area (Å²) in [7, 11) is 0. The van der Waals surface area contributed by atoms with Crippen LogP contribution < -0.4 is 15.4 Å². The van der Waals surface area contributed by atoms with Crippen LogP contribution in [0.3, 0.4) is 0 Å². The summed E-state index contributed by atoms with van der Waals surface area (Å²) in [6.45, 7) is 3.63. The number of aliphatic hydroxyl groups is 1. The Bertz CT molecular complexity index is 3070. The lowest BCUT2D eigenvalue weighted by molar-refractivity contribution is -0.143. The fraction of sp³-hybridized carbons (Fsp3) is 0.244. The maximum absolute atomic E-state index is 13.9. The van der Waals surface area contributed by atoms with Gasteiger partial charge in [0.15, 0.2) is 22.5 Å². The lowest BCUT2D eigenvalue weighted by atomic mass is 10.0. The molecule has 0 radical (unpaired) electrons. The standard InChI is InChI=1S/C26H21F4N3O4.C19H15F4N3O4/c1-2-36-23(35)11-10-21(34)24-22(37-14-16-6-4-3-5-7-16)13-20(33-25(24)31-15-32-33)17-8-9-19(27)18(12-17)26(28,29)30;1-2-30-16(29)6-5-14(27)17-15(28)8-13(26-18(17)24-9-25-26)10-3-4-12(20)11(7-10)19(21,22)23/h3-9,12-13,15H,2,10-11,14H2,1H3;3-4,7-9,27H,2,5-6H2,1H3. The summed E-state index contributed by atoms with van der Waals surface area (Å²) in [5, 5.41) is 18.0. The zero-order valence-corrected chi connectivity index (χ0v) is 35.1. The van der Waals surface area contributed by atoms with Gasteiger partial charge >= 0.3 is 24.3 Å². The molecule has 4 aromatic heterocycles. The van der Waals surface area contributed by atoms with Gasteiger partial charge < -0.3 is 19.3 Å². The number of esters is 2. The van der Waals surface area contributed by atoms with Gasteiger partial charge in [-0.3, -0.25) is 19.2 Å². The van der Waals surface area contributed by atoms with E-state index in [1.54, 1.807) is 38.1 Å². The van der Waals surface area contributed by atoms with Crippen molar-refractivity contribution in [3.05, 3.63) is 141 Å². The Morgan fingerprint density at radius 1 is 0.657 bits per heavy atom. The van der Waals surface area contributed by atoms with Gasteiger partial charge in [0.2, 0.25) is 0 Å². The van der Waals surface area contributed by atoms with Crippen molar-refractivity contribution in [3.63, 3.8) is 0 Å². The Morgan fingerprint density at radius 3 is 1.70 bits per heavy atom. The molecule has 67 heavy (non-hydrogen) atoms. The van der Waals surface area contributed by atoms with Crippen molar-refractivity contribution < 1.29 is 68.8 Å². The van der Waals surface area contributed by atoms with Gasteiger partial charge in [-0.05, 0) is 55.8 Å². The van der Waals surface area contributed by atoms with Crippen LogP contribution in [0.2, 0.25) is 0 Å². The number of hydrogen-bond acceptors (Lipinski definition) is 12. The number of aliphatic hydroxyl groups excluding tert-OH is 1. The number of hydrogen-bond donors (Lipinski definition) is 1. The maximum Gasteiger partial charge on any atom is 0.419 e. The van der Waals surface area contributed by atoms with Crippen LogP contribution in [0.1, 0.15) is 66.6 Å². The highest BCUT2D eigenvalue weighted by Crippen LogP contribution is 2.37. The first-order chi connectivity index (χ1) is 31.8. The average molecular weight is 941 g/mol. The Morgan fingerprint density at radius 2 is 1.16 bits per heavy atom. The Labute approximate surface area is 373 Å². The molecule has 7 rings (SSSR count). The molecule has 0 saturated heterocycles. The third-order valence-electron chi connectivity index (χ3n) is 9.70. The summed E-state index contributed by atoms with van der Waals surface area (Å²) >= 11 is 0. The quantitative estimate of drug-likeness (QED) is 0.0628. The molecule has 3 aromatic carbocycles. The molecule has 0 aliphatic rings. The predicted molar refractivity (Wildman–Crippen MR) is 221 cm³/mol. The van der Waals surface area contributed by atoms with E-state index >= 15 is 0 Å². The van der Waals surface area contributed by atoms with Crippen molar-refractivity contribution in [1.82, 2.24) is 29.2 Å². The van der Waals surface area contributed by atoms with Crippen molar-refractivity contribution in [3.8, 4) is 28.3 Å². The van der Waals surface area contributed by atoms with Crippen molar-refractivity contribution >= 4 is 34.8 Å². The van der Waals surface area contributed by atoms with Crippen LogP contribution in [-0.2, 0) is 38.0 Å². The van der Waals surface area contributed by atoms with Crippen LogP contribution in [0, 0.1) is 11.6 Å². The van der Waals surface area contributed by atoms with Crippen molar-refractivity contribution in [2.45, 2.75) is 58.5 Å². The van der Waals surface area contributed by atoms with E-state index in [0.717, 1.165) is 34.9 Å². The second-order valence-corrected chi connectivity index (χ2v) is 14.2. The summed E-state index contributed by atoms with van der Waals surface area (Å²) in [5.74, 6) is -4.89. The molecule has 0 unspecified atom stereocenters. The fourth-order valence-corrected chi connectivity index (χ4v) is 6.66. The lowest BCUT2D eigenvalue weighted by Gasteiger charge is -2.16. The number of carbonyl (C=O) groups is 3. The van der Waals surface area contributed by atoms with Gasteiger partial charge in [-0.2, -0.15) is 36.5 Å². The van der Waals surface area contributed by atoms with Gasteiger partial charge in [0.05, 0.1) is 48.6 Å². The fourth-order valence-electron chi connectivity index (χ4n) is 6.66. The number of rotatable bonds is 14. The number of ketones is 1. The molecule has 0 atom stereocenters. The first-order valence-electron chi connectivity index (χ1n) is 20.0. The first kappa shape index (κ1) is 48.7. The zero-order chi connectivity index (χ0) is 48.6. The molecule has 0 amide bonds. The van der Waals surface area contributed by atoms with E-state index < -0.39 is 64.0 Å². The molecular weight excluding hydrogens is 905 g/mol. The number of carbonyl (C=O) groups excluding carboxylic acids is 3. The van der Waals surface area contributed by atoms with Crippen LogP contribution >= 0.6 is 0 Å². The topological polar surface area (TPSA) is 177 Å². The maximum atomic E-state index is 13.9. The van der Waals surface area contributed by atoms with Gasteiger partial charge in [0.25, 0.3) is 0 Å². The predicted octanol–water partition coefficient (Wildman–Crippen LogP) is 8.30. The normalized spacial score (nSPS) is 12.1. The largest absolute Gasteiger partial charge is 0.511 e. The zero-order valence-electron chi connectivity index (χ0n) is 35.1. The van der Waals surface area contributed by atoms with E-state index in [9.17, 15) is 59.4 Å². The Kier molecular flexibility index (Phi) is 15.0. The summed E-state index contributed by atoms with van der Waals surface area (Å²) in [4.78, 5) is 57.1. The van der Waals surface area contributed by atoms with E-state index in [4.69, 9.17) is 14.2 Å². The van der Waals surface area contributed by atoms with E-state index in [2.05, 4.69) is 20.2 Å². The van der Waals surface area contributed by atoms with Crippen LogP contribution in [-0.4, -0.2) is 65.2 Å². The number of nitrogens with zero attached hydrogens (tertiary/aromatic N) is 6. The van der Waals surface area contributed by atoms with Gasteiger partial charge in [-0.25, -0.2) is 27.8 Å². The Balaban J connectivity index is 0.000000226. The van der Waals surface area contributed by atoms with Gasteiger partial charge in [0, 0.05) is 36.1 Å². The highest BCUT2D eigenvalue weighted by molar-refractivity contribution is 6.05. The molecule has 22 heteroatoms. The minimum atomic E-state index is -4.93. The third kappa shape index (κ3) is 11.4. The molecule has 1 N–H and O–H groups in total. The van der Waals surface area contributed by atoms with Crippen molar-refractivity contribution in [2.75, 3.05) is 13.2 Å². The number of fused-ring (bicyclic) bond motifs is 2. The monoisotopic (exact) mass is 940 g/mol. The summed E-state index contributed by atoms with van der Waals surface area (Å²) in [5.41, 5.74) is -3.09. The Hall–Kier alpha value is -7.78. The lowest BCUT2D eigenvalue weighted by Crippen LogP contribution is -2.30. The van der Waals surface area contributed by atoms with Crippen molar-refractivity contribution in [2.24, 2.45) is 0 Å². The number of pyridine rings is 2. The van der Waals surface area contributed by atoms with E-state index in [1.165, 1.54) is 16.6 Å². The molecular formula is C45H36F8N6O8. The highest BCUT2D eigenvalue weighted by Gasteiger charge is 2.36. The second-order valence-electron chi connectivity index (χ2n) is 14.2. The minimum absolute atomic E-state index is 0.0136.